The average molecular weight is 242 g/mol. The van der Waals surface area contributed by atoms with Crippen LogP contribution in [0.5, 0.6) is 0 Å². The van der Waals surface area contributed by atoms with Crippen molar-refractivity contribution in [3.63, 3.8) is 0 Å². The molecule has 0 aromatic heterocycles. The molecule has 0 bridgehead atoms. The number of carbonyl (C=O) groups is 1. The smallest absolute Gasteiger partial charge is 0.303 e. The van der Waals surface area contributed by atoms with E-state index in [0.29, 0.717) is 17.9 Å². The van der Waals surface area contributed by atoms with Gasteiger partial charge in [0, 0.05) is 32.1 Å². The summed E-state index contributed by atoms with van der Waals surface area (Å²) in [5.41, 5.74) is 0. The molecule has 100 valence electrons. The maximum Gasteiger partial charge on any atom is 0.303 e. The van der Waals surface area contributed by atoms with Crippen molar-refractivity contribution >= 4 is 5.97 Å². The Kier molecular flexibility index (Phi) is 5.92. The van der Waals surface area contributed by atoms with Crippen LogP contribution < -0.4 is 5.32 Å². The molecule has 1 saturated heterocycles. The summed E-state index contributed by atoms with van der Waals surface area (Å²) in [5, 5.41) is 12.2. The van der Waals surface area contributed by atoms with Gasteiger partial charge in [-0.15, -0.1) is 0 Å². The molecule has 0 aromatic rings. The van der Waals surface area contributed by atoms with E-state index >= 15 is 0 Å². The molecule has 1 fully saturated rings. The summed E-state index contributed by atoms with van der Waals surface area (Å²) in [7, 11) is 0. The van der Waals surface area contributed by atoms with E-state index in [9.17, 15) is 4.79 Å². The first kappa shape index (κ1) is 14.5. The minimum Gasteiger partial charge on any atom is -0.481 e. The van der Waals surface area contributed by atoms with Crippen molar-refractivity contribution in [3.8, 4) is 0 Å². The van der Waals surface area contributed by atoms with Crippen LogP contribution in [0.3, 0.4) is 0 Å². The van der Waals surface area contributed by atoms with Gasteiger partial charge >= 0.3 is 5.97 Å². The van der Waals surface area contributed by atoms with Crippen molar-refractivity contribution in [2.24, 2.45) is 11.8 Å². The number of nitrogens with one attached hydrogen (secondary N) is 1. The monoisotopic (exact) mass is 242 g/mol. The highest BCUT2D eigenvalue weighted by atomic mass is 16.4. The summed E-state index contributed by atoms with van der Waals surface area (Å²) in [6.45, 7) is 10.9. The zero-order valence-corrected chi connectivity index (χ0v) is 11.3. The highest BCUT2D eigenvalue weighted by molar-refractivity contribution is 5.66. The molecule has 4 heteroatoms. The lowest BCUT2D eigenvalue weighted by Gasteiger charge is -2.26. The van der Waals surface area contributed by atoms with Gasteiger partial charge in [0.05, 0.1) is 0 Å². The molecule has 0 radical (unpaired) electrons. The molecule has 1 aliphatic rings. The lowest BCUT2D eigenvalue weighted by Crippen LogP contribution is -2.39. The van der Waals surface area contributed by atoms with Crippen LogP contribution in [0.2, 0.25) is 0 Å². The zero-order chi connectivity index (χ0) is 12.8. The van der Waals surface area contributed by atoms with E-state index in [-0.39, 0.29) is 6.42 Å². The van der Waals surface area contributed by atoms with E-state index < -0.39 is 5.97 Å². The lowest BCUT2D eigenvalue weighted by atomic mass is 10.1. The summed E-state index contributed by atoms with van der Waals surface area (Å²) in [6.07, 6.45) is 0.998. The van der Waals surface area contributed by atoms with Gasteiger partial charge in [-0.2, -0.15) is 0 Å². The van der Waals surface area contributed by atoms with Crippen molar-refractivity contribution in [3.05, 3.63) is 0 Å². The molecule has 4 nitrogen and oxygen atoms in total. The van der Waals surface area contributed by atoms with E-state index in [1.807, 2.05) is 0 Å². The molecule has 2 unspecified atom stereocenters. The van der Waals surface area contributed by atoms with E-state index in [1.165, 1.54) is 0 Å². The number of nitrogens with zero attached hydrogens (tertiary/aromatic N) is 1. The highest BCUT2D eigenvalue weighted by Gasteiger charge is 2.22. The van der Waals surface area contributed by atoms with Gasteiger partial charge in [-0.05, 0) is 24.8 Å². The van der Waals surface area contributed by atoms with Gasteiger partial charge in [-0.1, -0.05) is 20.8 Å². The average Bonchev–Trinajstić information content (AvgIpc) is 2.36. The Hall–Kier alpha value is -0.610. The number of carboxylic acid groups (broad SMARTS) is 1. The molecule has 0 aromatic carbocycles. The van der Waals surface area contributed by atoms with Crippen LogP contribution in [0.25, 0.3) is 0 Å². The second-order valence-electron chi connectivity index (χ2n) is 5.76. The Labute approximate surface area is 104 Å². The van der Waals surface area contributed by atoms with Crippen LogP contribution >= 0.6 is 0 Å². The van der Waals surface area contributed by atoms with Gasteiger partial charge in [0.25, 0.3) is 0 Å². The Morgan fingerprint density at radius 3 is 2.76 bits per heavy atom. The molecule has 0 aliphatic carbocycles. The van der Waals surface area contributed by atoms with Gasteiger partial charge < -0.3 is 15.3 Å². The normalized spacial score (nSPS) is 27.1. The Balaban J connectivity index is 2.46. The summed E-state index contributed by atoms with van der Waals surface area (Å²) in [6, 6.07) is 0.329. The molecule has 1 heterocycles. The Morgan fingerprint density at radius 2 is 2.18 bits per heavy atom. The lowest BCUT2D eigenvalue weighted by molar-refractivity contribution is -0.137. The van der Waals surface area contributed by atoms with Crippen LogP contribution in [-0.4, -0.2) is 48.2 Å². The van der Waals surface area contributed by atoms with E-state index in [1.54, 1.807) is 0 Å². The van der Waals surface area contributed by atoms with Crippen LogP contribution in [0.1, 0.15) is 33.6 Å². The van der Waals surface area contributed by atoms with Crippen molar-refractivity contribution in [1.82, 2.24) is 10.2 Å². The predicted octanol–water partition coefficient (Wildman–Crippen LogP) is 1.42. The maximum atomic E-state index is 10.6. The molecule has 0 spiro atoms. The first-order valence-electron chi connectivity index (χ1n) is 6.65. The van der Waals surface area contributed by atoms with Gasteiger partial charge in [-0.3, -0.25) is 4.79 Å². The first-order chi connectivity index (χ1) is 7.97. The largest absolute Gasteiger partial charge is 0.481 e. The summed E-state index contributed by atoms with van der Waals surface area (Å²) >= 11 is 0. The van der Waals surface area contributed by atoms with Gasteiger partial charge in [0.1, 0.15) is 0 Å². The van der Waals surface area contributed by atoms with E-state index in [2.05, 4.69) is 31.0 Å². The van der Waals surface area contributed by atoms with Gasteiger partial charge in [0.2, 0.25) is 0 Å². The summed E-state index contributed by atoms with van der Waals surface area (Å²) < 4.78 is 0. The number of aliphatic carboxylic acids is 1. The minimum absolute atomic E-state index is 0.265. The van der Waals surface area contributed by atoms with E-state index in [4.69, 9.17) is 5.11 Å². The van der Waals surface area contributed by atoms with Crippen LogP contribution in [0.4, 0.5) is 0 Å². The van der Waals surface area contributed by atoms with Crippen LogP contribution in [0.15, 0.2) is 0 Å². The minimum atomic E-state index is -0.695. The number of hydrogen-bond donors (Lipinski definition) is 2. The molecular formula is C13H26N2O2. The predicted molar refractivity (Wildman–Crippen MR) is 69.1 cm³/mol. The zero-order valence-electron chi connectivity index (χ0n) is 11.3. The standard InChI is InChI=1S/C13H26N2O2/c1-10(2)7-15-8-11(3)6-14-12(9-15)4-5-13(16)17/h10-12,14H,4-9H2,1-3H3,(H,16,17). The summed E-state index contributed by atoms with van der Waals surface area (Å²) in [5.74, 6) is 0.614. The Morgan fingerprint density at radius 1 is 1.47 bits per heavy atom. The fourth-order valence-electron chi connectivity index (χ4n) is 2.48. The van der Waals surface area contributed by atoms with Crippen LogP contribution in [-0.2, 0) is 4.79 Å². The van der Waals surface area contributed by atoms with Crippen LogP contribution in [0, 0.1) is 11.8 Å². The quantitative estimate of drug-likeness (QED) is 0.765. The summed E-state index contributed by atoms with van der Waals surface area (Å²) in [4.78, 5) is 13.1. The second kappa shape index (κ2) is 6.97. The molecule has 2 atom stereocenters. The number of hydrogen-bond acceptors (Lipinski definition) is 3. The third-order valence-corrected chi connectivity index (χ3v) is 3.13. The first-order valence-corrected chi connectivity index (χ1v) is 6.65. The van der Waals surface area contributed by atoms with Gasteiger partial charge in [-0.25, -0.2) is 0 Å². The molecule has 2 N–H and O–H groups in total. The van der Waals surface area contributed by atoms with E-state index in [0.717, 1.165) is 32.6 Å². The topological polar surface area (TPSA) is 52.6 Å². The fraction of sp³-hybridized carbons (Fsp3) is 0.923. The molecule has 17 heavy (non-hydrogen) atoms. The molecule has 0 amide bonds. The number of rotatable bonds is 5. The highest BCUT2D eigenvalue weighted by Crippen LogP contribution is 2.11. The fourth-order valence-corrected chi connectivity index (χ4v) is 2.48. The third-order valence-electron chi connectivity index (χ3n) is 3.13. The van der Waals surface area contributed by atoms with Crippen molar-refractivity contribution in [2.75, 3.05) is 26.2 Å². The molecular weight excluding hydrogens is 216 g/mol. The number of carboxylic acids is 1. The molecule has 1 rings (SSSR count). The molecule has 1 aliphatic heterocycles. The Bertz CT molecular complexity index is 244. The van der Waals surface area contributed by atoms with Crippen molar-refractivity contribution in [1.29, 1.82) is 0 Å². The molecule has 0 saturated carbocycles. The van der Waals surface area contributed by atoms with Crippen molar-refractivity contribution < 1.29 is 9.90 Å². The SMILES string of the molecule is CC(C)CN1CC(C)CNC(CCC(=O)O)C1. The van der Waals surface area contributed by atoms with Gasteiger partial charge in [0.15, 0.2) is 0 Å². The third kappa shape index (κ3) is 6.03. The van der Waals surface area contributed by atoms with Crippen molar-refractivity contribution in [2.45, 2.75) is 39.7 Å². The maximum absolute atomic E-state index is 10.6. The second-order valence-corrected chi connectivity index (χ2v) is 5.76.